The topological polar surface area (TPSA) is 507 Å². The van der Waals surface area contributed by atoms with E-state index in [9.17, 15) is 208 Å². The number of fused-ring (bicyclic) bond motifs is 1. The molecule has 6 aromatic rings. The summed E-state index contributed by atoms with van der Waals surface area (Å²) in [5.41, 5.74) is -4.38. The minimum absolute atomic E-state index is 0.0405. The first kappa shape index (κ1) is 122. The predicted molar refractivity (Wildman–Crippen MR) is 410 cm³/mol. The number of hydrogen-bond donors (Lipinski definition) is 1. The summed E-state index contributed by atoms with van der Waals surface area (Å²) >= 11 is 5.07. The van der Waals surface area contributed by atoms with E-state index in [1.54, 1.807) is 81.6 Å². The molecule has 0 unspecified atom stereocenters. The lowest BCUT2D eigenvalue weighted by atomic mass is 10.1. The molecule has 1 N–H and O–H groups in total. The molecule has 136 heavy (non-hydrogen) atoms. The van der Waals surface area contributed by atoms with Crippen molar-refractivity contribution < 1.29 is 260 Å². The van der Waals surface area contributed by atoms with Gasteiger partial charge in [-0.2, -0.15) is 105 Å². The zero-order valence-electron chi connectivity index (χ0n) is 68.8. The quantitative estimate of drug-likeness (QED) is 0.0110. The van der Waals surface area contributed by atoms with Gasteiger partial charge in [-0.05, 0) is 196 Å². The zero-order chi connectivity index (χ0) is 106. The lowest BCUT2D eigenvalue weighted by molar-refractivity contribution is -0.347. The van der Waals surface area contributed by atoms with Crippen molar-refractivity contribution in [1.29, 1.82) is 0 Å². The Hall–Kier alpha value is -12.1. The molecule has 0 saturated heterocycles. The van der Waals surface area contributed by atoms with Crippen LogP contribution in [0.1, 0.15) is 93.4 Å². The highest BCUT2D eigenvalue weighted by Gasteiger charge is 2.70. The smallest absolute Gasteiger partial charge is 0.410 e. The molecule has 0 aliphatic carbocycles. The standard InChI is InChI=1S/C15H12F4I2O6.C15H13F4IO6.C15H14F4O6.C14H8F4O4.C12H10F4O5.C6H6F4O5/c1-13(2,3)27-10(22)7-4-6(20)5-8(21)9(7)26-12(25)15(18,19)14(16,17)11(23)24;1-13(2,3)26-10(21)8-6-7(20)4-5-9(8)25-12(24)15(18,19)14(16,17)11(22)23;1-13(2,3)25-10(20)8-6-4-5-7-9(8)24-12(23)15(18,19)14(16,17)11(21)22;15-13(16,11(19)20)14(17,18)12(21)22-10-7-3-5-8-4-1-2-6-9(8)10;13-11(14,9(17)18)12(15,16)10(19)21-7-6-20-8-4-2-1-3-5-8;7-5(8,3(12)13)6(9,10)4(14)15-2-1-11/h4-5H,1-3H3,(H,23,24);4-6H,1-3H3,(H,22,23);4-7H,1-3H3,(H,21,22);1-7H,(H,19,20);1-5H,6-7H2,(H,17,18);11H,1-2H2,(H,12,13)/p-6. The van der Waals surface area contributed by atoms with Gasteiger partial charge in [0.15, 0.2) is 5.75 Å². The van der Waals surface area contributed by atoms with Crippen LogP contribution in [-0.4, -0.2) is 209 Å². The third-order valence-corrected chi connectivity index (χ3v) is 16.4. The molecule has 0 saturated carbocycles. The van der Waals surface area contributed by atoms with Crippen LogP contribution in [0.25, 0.3) is 10.8 Å². The molecule has 0 aromatic heterocycles. The Labute approximate surface area is 784 Å². The summed E-state index contributed by atoms with van der Waals surface area (Å²) in [5.74, 6) is -111. The van der Waals surface area contributed by atoms with Gasteiger partial charge in [-0.1, -0.05) is 66.7 Å². The summed E-state index contributed by atoms with van der Waals surface area (Å²) in [6, 6.07) is 28.3. The molecule has 0 fully saturated rings. The van der Waals surface area contributed by atoms with Gasteiger partial charge in [-0.15, -0.1) is 0 Å². The number of alkyl halides is 24. The Morgan fingerprint density at radius 3 is 0.963 bits per heavy atom. The fraction of sp³-hybridized carbons (Fsp3) is 0.364. The Balaban J connectivity index is 0.000000822. The fourth-order valence-electron chi connectivity index (χ4n) is 7.89. The number of benzene rings is 6. The van der Waals surface area contributed by atoms with Crippen LogP contribution in [0.5, 0.6) is 28.7 Å². The average molecular weight is 2330 g/mol. The van der Waals surface area contributed by atoms with Crippen molar-refractivity contribution in [2.45, 2.75) is 150 Å². The van der Waals surface area contributed by atoms with Crippen LogP contribution in [0.3, 0.4) is 0 Å². The lowest BCUT2D eigenvalue weighted by Gasteiger charge is -2.26. The van der Waals surface area contributed by atoms with Crippen molar-refractivity contribution in [3.63, 3.8) is 0 Å². The fourth-order valence-corrected chi connectivity index (χ4v) is 10.3. The number of carboxylic acids is 6. The van der Waals surface area contributed by atoms with E-state index < -0.39 is 237 Å². The SMILES string of the molecule is CC(C)(C)OC(=O)c1cc(I)cc(I)c1OC(=O)C(F)(F)C(F)(F)C(=O)[O-].CC(C)(C)OC(=O)c1cc(I)ccc1OC(=O)C(F)(F)C(F)(F)C(=O)[O-].CC(C)(C)OC(=O)c1ccccc1OC(=O)C(F)(F)C(F)(F)C(=O)[O-].O=C([O-])C(F)(F)C(F)(F)C(=O)OCCO.O=C([O-])C(F)(F)C(F)(F)C(=O)OCCOc1ccccc1.O=C([O-])C(F)(F)C(F)(F)C(=O)Oc1cccc2ccccc12. The Morgan fingerprint density at radius 2 is 0.588 bits per heavy atom. The minimum Gasteiger partial charge on any atom is -0.544 e. The van der Waals surface area contributed by atoms with Gasteiger partial charge in [-0.3, -0.25) is 0 Å². The Kier molecular flexibility index (Phi) is 42.2. The summed E-state index contributed by atoms with van der Waals surface area (Å²) in [4.78, 5) is 163. The van der Waals surface area contributed by atoms with Gasteiger partial charge in [0.05, 0.1) is 10.2 Å². The van der Waals surface area contributed by atoms with E-state index in [-0.39, 0.29) is 15.6 Å². The number of para-hydroxylation sites is 2. The molecule has 6 aromatic carbocycles. The van der Waals surface area contributed by atoms with Gasteiger partial charge in [0.1, 0.15) is 112 Å². The normalized spacial score (nSPS) is 12.3. The molecule has 0 aliphatic heterocycles. The van der Waals surface area contributed by atoms with E-state index in [4.69, 9.17) is 24.1 Å². The van der Waals surface area contributed by atoms with Gasteiger partial charge in [0.2, 0.25) is 0 Å². The Morgan fingerprint density at radius 1 is 0.294 bits per heavy atom. The monoisotopic (exact) mass is 2330 g/mol. The summed E-state index contributed by atoms with van der Waals surface area (Å²) in [6.07, 6.45) is 0. The number of hydrogen-bond acceptors (Lipinski definition) is 32. The number of carbonyl (C=O) groups excluding carboxylic acids is 15. The lowest BCUT2D eigenvalue weighted by Crippen LogP contribution is -2.58. The van der Waals surface area contributed by atoms with Crippen LogP contribution in [0.2, 0.25) is 0 Å². The van der Waals surface area contributed by atoms with Crippen molar-refractivity contribution in [3.8, 4) is 28.7 Å². The van der Waals surface area contributed by atoms with E-state index in [2.05, 4.69) is 28.4 Å². The number of carbonyl (C=O) groups is 15. The van der Waals surface area contributed by atoms with Crippen LogP contribution >= 0.6 is 67.8 Å². The predicted octanol–water partition coefficient (Wildman–Crippen LogP) is 7.45. The molecular weight excluding hydrogens is 2270 g/mol. The first-order chi connectivity index (χ1) is 61.3. The van der Waals surface area contributed by atoms with E-state index in [1.807, 2.05) is 0 Å². The number of aliphatic hydroxyl groups excluding tert-OH is 1. The molecule has 0 radical (unpaired) electrons. The van der Waals surface area contributed by atoms with Crippen LogP contribution < -0.4 is 54.3 Å². The van der Waals surface area contributed by atoms with Crippen molar-refractivity contribution in [2.75, 3.05) is 26.4 Å². The maximum absolute atomic E-state index is 13.6. The summed E-state index contributed by atoms with van der Waals surface area (Å²) in [7, 11) is 0. The van der Waals surface area contributed by atoms with E-state index >= 15 is 0 Å². The molecule has 0 atom stereocenters. The maximum Gasteiger partial charge on any atom is 0.410 e. The second-order valence-corrected chi connectivity index (χ2v) is 31.9. The van der Waals surface area contributed by atoms with Gasteiger partial charge in [0, 0.05) is 12.5 Å². The highest BCUT2D eigenvalue weighted by molar-refractivity contribution is 14.1. The summed E-state index contributed by atoms with van der Waals surface area (Å²) < 4.78 is 357. The number of aliphatic carboxylic acids is 6. The number of rotatable bonds is 31. The third-order valence-electron chi connectivity index (χ3n) is 14.3. The minimum atomic E-state index is -5.81. The second-order valence-electron chi connectivity index (χ2n) is 28.2. The summed E-state index contributed by atoms with van der Waals surface area (Å²) in [6.45, 7) is 10.7. The van der Waals surface area contributed by atoms with Crippen LogP contribution in [0, 0.1) is 10.7 Å². The van der Waals surface area contributed by atoms with Gasteiger partial charge < -0.3 is 112 Å². The number of halogens is 27. The largest absolute Gasteiger partial charge is 0.544 e. The number of carboxylic acid groups (broad SMARTS) is 6. The molecule has 32 nitrogen and oxygen atoms in total. The third kappa shape index (κ3) is 31.7. The summed E-state index contributed by atoms with van der Waals surface area (Å²) in [5, 5.41) is 69.0. The number of ether oxygens (including phenoxy) is 10. The molecule has 59 heteroatoms. The van der Waals surface area contributed by atoms with E-state index in [0.717, 1.165) is 36.4 Å². The molecule has 0 bridgehead atoms. The number of esters is 9. The highest BCUT2D eigenvalue weighted by Crippen LogP contribution is 2.43. The second kappa shape index (κ2) is 47.1. The number of aliphatic hydroxyl groups is 1. The van der Waals surface area contributed by atoms with Gasteiger partial charge >= 0.3 is 125 Å². The first-order valence-corrected chi connectivity index (χ1v) is 38.5. The molecular formula is C77H57F24I3O32-6. The van der Waals surface area contributed by atoms with Crippen LogP contribution in [0.15, 0.2) is 127 Å². The molecule has 6 rings (SSSR count). The van der Waals surface area contributed by atoms with Crippen LogP contribution in [-0.2, 0) is 81.2 Å². The van der Waals surface area contributed by atoms with E-state index in [1.165, 1.54) is 140 Å². The molecule has 0 amide bonds. The molecule has 0 aliphatic rings. The Bertz CT molecular complexity index is 5390. The highest BCUT2D eigenvalue weighted by atomic mass is 127. The van der Waals surface area contributed by atoms with Crippen molar-refractivity contribution in [2.24, 2.45) is 0 Å². The molecule has 0 spiro atoms. The molecule has 0 heterocycles. The maximum atomic E-state index is 13.6. The zero-order valence-corrected chi connectivity index (χ0v) is 75.2. The van der Waals surface area contributed by atoms with Crippen molar-refractivity contribution in [3.05, 3.63) is 155 Å². The van der Waals surface area contributed by atoms with E-state index in [0.29, 0.717) is 18.3 Å². The van der Waals surface area contributed by atoms with Gasteiger partial charge in [0.25, 0.3) is 0 Å². The van der Waals surface area contributed by atoms with Crippen LogP contribution in [0.4, 0.5) is 105 Å². The van der Waals surface area contributed by atoms with Crippen molar-refractivity contribution in [1.82, 2.24) is 0 Å². The first-order valence-electron chi connectivity index (χ1n) is 35.2. The van der Waals surface area contributed by atoms with Gasteiger partial charge in [-0.25, -0.2) is 43.2 Å². The van der Waals surface area contributed by atoms with Crippen molar-refractivity contribution >= 4 is 168 Å². The molecule has 752 valence electrons. The average Bonchev–Trinajstić information content (AvgIpc) is 0.758.